The summed E-state index contributed by atoms with van der Waals surface area (Å²) in [6.07, 6.45) is 2.54. The van der Waals surface area contributed by atoms with Crippen LogP contribution in [-0.4, -0.2) is 25.3 Å². The summed E-state index contributed by atoms with van der Waals surface area (Å²) in [5, 5.41) is 8.52. The molecule has 0 aliphatic carbocycles. The Kier molecular flexibility index (Phi) is 4.37. The van der Waals surface area contributed by atoms with Gasteiger partial charge in [-0.3, -0.25) is 0 Å². The highest BCUT2D eigenvalue weighted by Crippen LogP contribution is 2.36. The fraction of sp³-hybridized carbons (Fsp3) is 0.182. The number of halogens is 1. The van der Waals surface area contributed by atoms with Gasteiger partial charge < -0.3 is 14.6 Å². The van der Waals surface area contributed by atoms with Crippen LogP contribution < -0.4 is 9.47 Å². The molecule has 0 unspecified atom stereocenters. The summed E-state index contributed by atoms with van der Waals surface area (Å²) in [5.74, 6) is 0.128. The molecule has 1 N–H and O–H groups in total. The molecule has 1 rings (SSSR count). The van der Waals surface area contributed by atoms with Crippen LogP contribution in [-0.2, 0) is 4.79 Å². The molecule has 0 atom stereocenters. The Morgan fingerprint density at radius 1 is 1.38 bits per heavy atom. The van der Waals surface area contributed by atoms with Crippen LogP contribution in [0.3, 0.4) is 0 Å². The van der Waals surface area contributed by atoms with Crippen molar-refractivity contribution >= 4 is 28.0 Å². The first-order valence-corrected chi connectivity index (χ1v) is 5.20. The highest BCUT2D eigenvalue weighted by Gasteiger charge is 2.09. The monoisotopic (exact) mass is 286 g/mol. The lowest BCUT2D eigenvalue weighted by molar-refractivity contribution is -0.131. The Hall–Kier alpha value is -1.49. The zero-order valence-corrected chi connectivity index (χ0v) is 10.4. The fourth-order valence-electron chi connectivity index (χ4n) is 1.20. The van der Waals surface area contributed by atoms with Crippen LogP contribution in [0.2, 0.25) is 0 Å². The van der Waals surface area contributed by atoms with E-state index in [0.29, 0.717) is 21.5 Å². The van der Waals surface area contributed by atoms with Crippen LogP contribution in [0, 0.1) is 0 Å². The third-order valence-electron chi connectivity index (χ3n) is 1.87. The van der Waals surface area contributed by atoms with E-state index in [1.165, 1.54) is 20.3 Å². The maximum atomic E-state index is 10.4. The Bertz CT molecular complexity index is 426. The molecule has 16 heavy (non-hydrogen) atoms. The number of methoxy groups -OCH3 is 2. The molecule has 0 radical (unpaired) electrons. The Morgan fingerprint density at radius 2 is 2.06 bits per heavy atom. The van der Waals surface area contributed by atoms with Gasteiger partial charge in [-0.05, 0) is 39.7 Å². The maximum absolute atomic E-state index is 10.4. The molecule has 0 bridgehead atoms. The molecule has 0 heterocycles. The van der Waals surface area contributed by atoms with Gasteiger partial charge in [-0.15, -0.1) is 0 Å². The van der Waals surface area contributed by atoms with Crippen molar-refractivity contribution in [3.8, 4) is 11.5 Å². The van der Waals surface area contributed by atoms with Crippen LogP contribution in [0.15, 0.2) is 22.7 Å². The van der Waals surface area contributed by atoms with Crippen molar-refractivity contribution in [1.29, 1.82) is 0 Å². The van der Waals surface area contributed by atoms with Gasteiger partial charge >= 0.3 is 5.97 Å². The molecule has 1 aromatic rings. The molecule has 0 saturated carbocycles. The molecule has 0 aliphatic rings. The van der Waals surface area contributed by atoms with Crippen molar-refractivity contribution in [3.63, 3.8) is 0 Å². The summed E-state index contributed by atoms with van der Waals surface area (Å²) in [6.45, 7) is 0. The van der Waals surface area contributed by atoms with Gasteiger partial charge in [0.1, 0.15) is 0 Å². The second kappa shape index (κ2) is 5.55. The van der Waals surface area contributed by atoms with Gasteiger partial charge in [0, 0.05) is 6.08 Å². The van der Waals surface area contributed by atoms with Crippen molar-refractivity contribution in [2.45, 2.75) is 0 Å². The minimum Gasteiger partial charge on any atom is -0.493 e. The van der Waals surface area contributed by atoms with E-state index in [1.807, 2.05) is 0 Å². The van der Waals surface area contributed by atoms with E-state index in [0.717, 1.165) is 6.08 Å². The Morgan fingerprint density at radius 3 is 2.56 bits per heavy atom. The van der Waals surface area contributed by atoms with Crippen LogP contribution in [0.5, 0.6) is 11.5 Å². The number of rotatable bonds is 4. The van der Waals surface area contributed by atoms with Crippen LogP contribution in [0.1, 0.15) is 5.56 Å². The number of benzene rings is 1. The van der Waals surface area contributed by atoms with Gasteiger partial charge in [-0.2, -0.15) is 0 Å². The Balaban J connectivity index is 3.15. The average Bonchev–Trinajstić information content (AvgIpc) is 2.25. The minimum atomic E-state index is -0.995. The lowest BCUT2D eigenvalue weighted by Crippen LogP contribution is -1.92. The zero-order valence-electron chi connectivity index (χ0n) is 8.86. The molecule has 4 nitrogen and oxygen atoms in total. The molecule has 5 heteroatoms. The van der Waals surface area contributed by atoms with E-state index in [4.69, 9.17) is 14.6 Å². The summed E-state index contributed by atoms with van der Waals surface area (Å²) in [5.41, 5.74) is 0.715. The number of ether oxygens (including phenoxy) is 2. The van der Waals surface area contributed by atoms with E-state index >= 15 is 0 Å². The van der Waals surface area contributed by atoms with Crippen LogP contribution in [0.4, 0.5) is 0 Å². The summed E-state index contributed by atoms with van der Waals surface area (Å²) in [7, 11) is 3.06. The highest BCUT2D eigenvalue weighted by atomic mass is 79.9. The van der Waals surface area contributed by atoms with E-state index in [9.17, 15) is 4.79 Å². The van der Waals surface area contributed by atoms with Crippen LogP contribution in [0.25, 0.3) is 6.08 Å². The summed E-state index contributed by atoms with van der Waals surface area (Å²) in [4.78, 5) is 10.4. The third-order valence-corrected chi connectivity index (χ3v) is 2.46. The summed E-state index contributed by atoms with van der Waals surface area (Å²) in [6, 6.07) is 3.45. The third kappa shape index (κ3) is 3.00. The predicted molar refractivity (Wildman–Crippen MR) is 63.9 cm³/mol. The zero-order chi connectivity index (χ0) is 12.1. The second-order valence-electron chi connectivity index (χ2n) is 2.91. The van der Waals surface area contributed by atoms with Crippen LogP contribution >= 0.6 is 15.9 Å². The van der Waals surface area contributed by atoms with Gasteiger partial charge in [-0.25, -0.2) is 4.79 Å². The molecule has 0 spiro atoms. The van der Waals surface area contributed by atoms with E-state index < -0.39 is 5.97 Å². The minimum absolute atomic E-state index is 0.543. The molecule has 1 aromatic carbocycles. The van der Waals surface area contributed by atoms with E-state index in [-0.39, 0.29) is 0 Å². The van der Waals surface area contributed by atoms with E-state index in [2.05, 4.69) is 15.9 Å². The average molecular weight is 287 g/mol. The van der Waals surface area contributed by atoms with Gasteiger partial charge in [0.2, 0.25) is 0 Å². The normalized spacial score (nSPS) is 10.4. The maximum Gasteiger partial charge on any atom is 0.328 e. The van der Waals surface area contributed by atoms with Crippen molar-refractivity contribution in [3.05, 3.63) is 28.2 Å². The number of carbonyl (C=O) groups is 1. The second-order valence-corrected chi connectivity index (χ2v) is 3.76. The molecule has 0 amide bonds. The molecule has 86 valence electrons. The van der Waals surface area contributed by atoms with Gasteiger partial charge in [0.15, 0.2) is 11.5 Å². The predicted octanol–water partition coefficient (Wildman–Crippen LogP) is 2.56. The summed E-state index contributed by atoms with van der Waals surface area (Å²) < 4.78 is 11.0. The molecular weight excluding hydrogens is 276 g/mol. The molecular formula is C11H11BrO4. The van der Waals surface area contributed by atoms with Gasteiger partial charge in [0.05, 0.1) is 18.7 Å². The highest BCUT2D eigenvalue weighted by molar-refractivity contribution is 9.10. The lowest BCUT2D eigenvalue weighted by Gasteiger charge is -2.10. The molecule has 0 aliphatic heterocycles. The SMILES string of the molecule is COc1cc(/C=C\C(=O)O)cc(Br)c1OC. The molecule has 0 aromatic heterocycles. The smallest absolute Gasteiger partial charge is 0.328 e. The molecule has 0 saturated heterocycles. The first-order chi connectivity index (χ1) is 7.58. The largest absolute Gasteiger partial charge is 0.493 e. The number of carboxylic acids is 1. The van der Waals surface area contributed by atoms with Crippen molar-refractivity contribution < 1.29 is 19.4 Å². The summed E-state index contributed by atoms with van der Waals surface area (Å²) >= 11 is 3.32. The topological polar surface area (TPSA) is 55.8 Å². The quantitative estimate of drug-likeness (QED) is 0.865. The first kappa shape index (κ1) is 12.6. The molecule has 0 fully saturated rings. The number of hydrogen-bond acceptors (Lipinski definition) is 3. The van der Waals surface area contributed by atoms with Crippen molar-refractivity contribution in [2.24, 2.45) is 0 Å². The lowest BCUT2D eigenvalue weighted by atomic mass is 10.2. The number of aliphatic carboxylic acids is 1. The standard InChI is InChI=1S/C11H11BrO4/c1-15-9-6-7(3-4-10(13)14)5-8(12)11(9)16-2/h3-6H,1-2H3,(H,13,14)/b4-3-. The Labute approximate surface area is 102 Å². The van der Waals surface area contributed by atoms with Gasteiger partial charge in [-0.1, -0.05) is 0 Å². The van der Waals surface area contributed by atoms with Gasteiger partial charge in [0.25, 0.3) is 0 Å². The number of carboxylic acid groups (broad SMARTS) is 1. The fourth-order valence-corrected chi connectivity index (χ4v) is 1.82. The number of hydrogen-bond donors (Lipinski definition) is 1. The first-order valence-electron chi connectivity index (χ1n) is 4.41. The van der Waals surface area contributed by atoms with E-state index in [1.54, 1.807) is 12.1 Å². The van der Waals surface area contributed by atoms with Crippen molar-refractivity contribution in [2.75, 3.05) is 14.2 Å². The van der Waals surface area contributed by atoms with Crippen molar-refractivity contribution in [1.82, 2.24) is 0 Å².